The maximum Gasteiger partial charge on any atom is 0.153 e. The molecule has 1 heterocycles. The van der Waals surface area contributed by atoms with Crippen LogP contribution in [0.4, 0.5) is 10.1 Å². The van der Waals surface area contributed by atoms with Crippen LogP contribution in [0.1, 0.15) is 43.6 Å². The van der Waals surface area contributed by atoms with Crippen LogP contribution in [0.25, 0.3) is 0 Å². The summed E-state index contributed by atoms with van der Waals surface area (Å²) < 4.78 is 19.4. The molecule has 2 aromatic carbocycles. The number of nitrogens with zero attached hydrogens (tertiary/aromatic N) is 3. The SMILES string of the molecule is CCN(CC)c1ccc(C=O)c(OCN2C[C@H](C)N(Cc3ccc(F)cc3)C(=C=O)[C@H]2C)c1. The topological polar surface area (TPSA) is 53.1 Å². The molecule has 6 nitrogen and oxygen atoms in total. The quantitative estimate of drug-likeness (QED) is 0.420. The molecule has 0 amide bonds. The van der Waals surface area contributed by atoms with Crippen LogP contribution in [-0.4, -0.2) is 60.5 Å². The van der Waals surface area contributed by atoms with E-state index >= 15 is 0 Å². The fourth-order valence-electron chi connectivity index (χ4n) is 4.27. The van der Waals surface area contributed by atoms with Crippen molar-refractivity contribution in [3.05, 3.63) is 65.1 Å². The number of hydrogen-bond acceptors (Lipinski definition) is 6. The van der Waals surface area contributed by atoms with E-state index in [2.05, 4.69) is 29.6 Å². The lowest BCUT2D eigenvalue weighted by Crippen LogP contribution is -2.55. The largest absolute Gasteiger partial charge is 0.477 e. The van der Waals surface area contributed by atoms with Crippen LogP contribution < -0.4 is 9.64 Å². The normalized spacial score (nSPS) is 18.7. The molecular weight excluding hydrogens is 421 g/mol. The van der Waals surface area contributed by atoms with Gasteiger partial charge in [-0.2, -0.15) is 0 Å². The molecular formula is C26H32FN3O3. The first-order chi connectivity index (χ1) is 15.9. The van der Waals surface area contributed by atoms with Crippen molar-refractivity contribution < 1.29 is 18.7 Å². The summed E-state index contributed by atoms with van der Waals surface area (Å²) in [4.78, 5) is 29.7. The Morgan fingerprint density at radius 1 is 1.15 bits per heavy atom. The third kappa shape index (κ3) is 5.62. The third-order valence-corrected chi connectivity index (χ3v) is 6.29. The number of carbonyl (C=O) groups is 1. The predicted molar refractivity (Wildman–Crippen MR) is 128 cm³/mol. The van der Waals surface area contributed by atoms with Crippen molar-refractivity contribution in [3.63, 3.8) is 0 Å². The number of carbonyl (C=O) groups excluding carboxylic acids is 2. The molecule has 0 spiro atoms. The van der Waals surface area contributed by atoms with E-state index < -0.39 is 0 Å². The van der Waals surface area contributed by atoms with Gasteiger partial charge >= 0.3 is 0 Å². The van der Waals surface area contributed by atoms with Crippen LogP contribution in [-0.2, 0) is 11.3 Å². The van der Waals surface area contributed by atoms with Gasteiger partial charge in [0.25, 0.3) is 0 Å². The van der Waals surface area contributed by atoms with Gasteiger partial charge in [-0.1, -0.05) is 12.1 Å². The smallest absolute Gasteiger partial charge is 0.153 e. The molecule has 2 atom stereocenters. The number of hydrogen-bond donors (Lipinski definition) is 0. The summed E-state index contributed by atoms with van der Waals surface area (Å²) in [5, 5.41) is 0. The molecule has 176 valence electrons. The van der Waals surface area contributed by atoms with Gasteiger partial charge in [-0.25, -0.2) is 9.18 Å². The van der Waals surface area contributed by atoms with E-state index in [4.69, 9.17) is 4.74 Å². The summed E-state index contributed by atoms with van der Waals surface area (Å²) in [6.45, 7) is 11.3. The lowest BCUT2D eigenvalue weighted by Gasteiger charge is -2.45. The molecule has 7 heteroatoms. The van der Waals surface area contributed by atoms with Gasteiger partial charge in [0.05, 0.1) is 11.6 Å². The molecule has 1 saturated heterocycles. The Morgan fingerprint density at radius 2 is 1.85 bits per heavy atom. The molecule has 0 N–H and O–H groups in total. The lowest BCUT2D eigenvalue weighted by atomic mass is 10.0. The van der Waals surface area contributed by atoms with Crippen LogP contribution in [0.3, 0.4) is 0 Å². The molecule has 1 aliphatic heterocycles. The maximum absolute atomic E-state index is 13.3. The maximum atomic E-state index is 13.3. The molecule has 0 unspecified atom stereocenters. The molecule has 2 aromatic rings. The second-order valence-electron chi connectivity index (χ2n) is 8.32. The van der Waals surface area contributed by atoms with E-state index in [-0.39, 0.29) is 24.6 Å². The van der Waals surface area contributed by atoms with Crippen LogP contribution >= 0.6 is 0 Å². The van der Waals surface area contributed by atoms with Crippen LogP contribution in [0.15, 0.2) is 48.2 Å². The highest BCUT2D eigenvalue weighted by Crippen LogP contribution is 2.28. The molecule has 1 aliphatic rings. The monoisotopic (exact) mass is 453 g/mol. The Hall–Kier alpha value is -3.15. The van der Waals surface area contributed by atoms with Crippen molar-refractivity contribution in [3.8, 4) is 5.75 Å². The first kappa shape index (κ1) is 24.5. The predicted octanol–water partition coefficient (Wildman–Crippen LogP) is 4.13. The molecule has 33 heavy (non-hydrogen) atoms. The average Bonchev–Trinajstić information content (AvgIpc) is 2.82. The van der Waals surface area contributed by atoms with E-state index in [1.807, 2.05) is 30.9 Å². The summed E-state index contributed by atoms with van der Waals surface area (Å²) in [7, 11) is 0. The van der Waals surface area contributed by atoms with E-state index in [1.165, 1.54) is 12.1 Å². The number of rotatable bonds is 9. The zero-order chi connectivity index (χ0) is 24.0. The molecule has 0 saturated carbocycles. The van der Waals surface area contributed by atoms with Crippen molar-refractivity contribution in [2.45, 2.75) is 46.3 Å². The molecule has 0 aliphatic carbocycles. The molecule has 1 fully saturated rings. The van der Waals surface area contributed by atoms with Crippen molar-refractivity contribution in [2.75, 3.05) is 31.3 Å². The third-order valence-electron chi connectivity index (χ3n) is 6.29. The van der Waals surface area contributed by atoms with E-state index in [9.17, 15) is 14.0 Å². The van der Waals surface area contributed by atoms with E-state index in [0.717, 1.165) is 30.6 Å². The van der Waals surface area contributed by atoms with Gasteiger partial charge in [-0.3, -0.25) is 9.69 Å². The van der Waals surface area contributed by atoms with Crippen LogP contribution in [0.5, 0.6) is 5.75 Å². The summed E-state index contributed by atoms with van der Waals surface area (Å²) >= 11 is 0. The van der Waals surface area contributed by atoms with Gasteiger partial charge in [0.1, 0.15) is 29.9 Å². The zero-order valence-electron chi connectivity index (χ0n) is 19.8. The van der Waals surface area contributed by atoms with Crippen molar-refractivity contribution >= 4 is 17.9 Å². The fraction of sp³-hybridized carbons (Fsp3) is 0.423. The Balaban J connectivity index is 1.74. The summed E-state index contributed by atoms with van der Waals surface area (Å²) in [6, 6.07) is 11.7. The molecule has 0 radical (unpaired) electrons. The first-order valence-electron chi connectivity index (χ1n) is 11.4. The minimum atomic E-state index is -0.284. The molecule has 3 rings (SSSR count). The zero-order valence-corrected chi connectivity index (χ0v) is 19.8. The second-order valence-corrected chi connectivity index (χ2v) is 8.32. The minimum absolute atomic E-state index is 0.0267. The fourth-order valence-corrected chi connectivity index (χ4v) is 4.27. The van der Waals surface area contributed by atoms with Gasteiger partial charge < -0.3 is 14.5 Å². The highest BCUT2D eigenvalue weighted by atomic mass is 19.1. The number of ether oxygens (including phenoxy) is 1. The Morgan fingerprint density at radius 3 is 2.45 bits per heavy atom. The summed E-state index contributed by atoms with van der Waals surface area (Å²) in [5.74, 6) is 2.36. The van der Waals surface area contributed by atoms with Gasteiger partial charge in [-0.05, 0) is 57.5 Å². The standard InChI is InChI=1S/C26H32FN3O3/c1-5-28(6-2)24-12-9-22(16-31)26(13-24)33-18-29-14-19(3)30(25(17-32)20(29)4)15-21-7-10-23(27)11-8-21/h7-13,16,19-20H,5-6,14-15,18H2,1-4H3/t19-,20+/m0/s1. The number of aldehydes is 1. The van der Waals surface area contributed by atoms with Crippen LogP contribution in [0.2, 0.25) is 0 Å². The van der Waals surface area contributed by atoms with Crippen molar-refractivity contribution in [1.29, 1.82) is 0 Å². The Bertz CT molecular complexity index is 1000. The number of piperazine rings is 1. The number of halogens is 1. The minimum Gasteiger partial charge on any atom is -0.477 e. The van der Waals surface area contributed by atoms with Crippen molar-refractivity contribution in [1.82, 2.24) is 9.80 Å². The summed E-state index contributed by atoms with van der Waals surface area (Å²) in [5.41, 5.74) is 2.96. The number of benzene rings is 2. The molecule has 0 bridgehead atoms. The van der Waals surface area contributed by atoms with Gasteiger partial charge in [-0.15, -0.1) is 0 Å². The van der Waals surface area contributed by atoms with Gasteiger partial charge in [0.15, 0.2) is 6.29 Å². The highest BCUT2D eigenvalue weighted by molar-refractivity contribution is 5.80. The van der Waals surface area contributed by atoms with Crippen LogP contribution in [0, 0.1) is 5.82 Å². The first-order valence-corrected chi connectivity index (χ1v) is 11.4. The second kappa shape index (κ2) is 11.1. The van der Waals surface area contributed by atoms with E-state index in [0.29, 0.717) is 30.1 Å². The lowest BCUT2D eigenvalue weighted by molar-refractivity contribution is 0.0283. The van der Waals surface area contributed by atoms with E-state index in [1.54, 1.807) is 18.2 Å². The Labute approximate surface area is 195 Å². The average molecular weight is 454 g/mol. The van der Waals surface area contributed by atoms with Crippen molar-refractivity contribution in [2.24, 2.45) is 0 Å². The van der Waals surface area contributed by atoms with Gasteiger partial charge in [0, 0.05) is 44.0 Å². The highest BCUT2D eigenvalue weighted by Gasteiger charge is 2.34. The number of anilines is 1. The van der Waals surface area contributed by atoms with Gasteiger partial charge in [0.2, 0.25) is 0 Å². The summed E-state index contributed by atoms with van der Waals surface area (Å²) in [6.07, 6.45) is 0.796. The Kier molecular flexibility index (Phi) is 8.26. The molecule has 0 aromatic heterocycles.